The molecule has 1 aliphatic carbocycles. The molecule has 2 N–H and O–H groups in total. The Hall–Kier alpha value is -1.26. The predicted octanol–water partition coefficient (Wildman–Crippen LogP) is 3.20. The maximum Gasteiger partial charge on any atom is 0.124 e. The first-order valence-electron chi connectivity index (χ1n) is 6.82. The van der Waals surface area contributed by atoms with E-state index in [1.807, 2.05) is 25.2 Å². The van der Waals surface area contributed by atoms with Gasteiger partial charge < -0.3 is 5.73 Å². The van der Waals surface area contributed by atoms with Crippen molar-refractivity contribution in [3.63, 3.8) is 0 Å². The number of fused-ring (bicyclic) bond motifs is 1. The monoisotopic (exact) mass is 273 g/mol. The molecular weight excluding hydrogens is 254 g/mol. The van der Waals surface area contributed by atoms with E-state index in [-0.39, 0.29) is 0 Å². The third-order valence-corrected chi connectivity index (χ3v) is 4.86. The van der Waals surface area contributed by atoms with Crippen molar-refractivity contribution in [2.24, 2.45) is 5.73 Å². The number of nitrogens with two attached hydrogens (primary N) is 1. The number of nitrogens with zero attached hydrogens (tertiary/aromatic N) is 2. The van der Waals surface area contributed by atoms with Crippen molar-refractivity contribution in [1.29, 1.82) is 0 Å². The molecule has 0 saturated carbocycles. The van der Waals surface area contributed by atoms with Crippen LogP contribution in [-0.4, -0.2) is 16.5 Å². The number of thiazole rings is 1. The smallest absolute Gasteiger partial charge is 0.124 e. The quantitative estimate of drug-likeness (QED) is 0.914. The van der Waals surface area contributed by atoms with E-state index >= 15 is 0 Å². The molecule has 2 aromatic heterocycles. The minimum atomic E-state index is 0.456. The second-order valence-corrected chi connectivity index (χ2v) is 6.37. The summed E-state index contributed by atoms with van der Waals surface area (Å²) in [6, 6.07) is 4.24. The molecule has 4 heteroatoms. The number of aryl methyl sites for hydroxylation is 3. The van der Waals surface area contributed by atoms with Crippen molar-refractivity contribution in [2.75, 3.05) is 6.54 Å². The van der Waals surface area contributed by atoms with Gasteiger partial charge in [0.05, 0.1) is 5.69 Å². The topological polar surface area (TPSA) is 51.8 Å². The molecule has 0 radical (unpaired) electrons. The van der Waals surface area contributed by atoms with Gasteiger partial charge in [-0.25, -0.2) is 4.98 Å². The zero-order valence-electron chi connectivity index (χ0n) is 11.4. The highest BCUT2D eigenvalue weighted by atomic mass is 32.1. The number of aromatic nitrogens is 2. The van der Waals surface area contributed by atoms with Gasteiger partial charge in [0.2, 0.25) is 0 Å². The minimum Gasteiger partial charge on any atom is -0.330 e. The molecule has 19 heavy (non-hydrogen) atoms. The van der Waals surface area contributed by atoms with Crippen LogP contribution in [0.3, 0.4) is 0 Å². The van der Waals surface area contributed by atoms with Crippen LogP contribution in [0.5, 0.6) is 0 Å². The molecule has 0 fully saturated rings. The first-order chi connectivity index (χ1) is 9.17. The fourth-order valence-electron chi connectivity index (χ4n) is 2.82. The zero-order chi connectivity index (χ0) is 13.4. The summed E-state index contributed by atoms with van der Waals surface area (Å²) in [5, 5.41) is 1.12. The van der Waals surface area contributed by atoms with Crippen molar-refractivity contribution < 1.29 is 0 Å². The maximum atomic E-state index is 5.87. The largest absolute Gasteiger partial charge is 0.330 e. The van der Waals surface area contributed by atoms with Crippen LogP contribution >= 0.6 is 11.3 Å². The Balaban J connectivity index is 2.04. The third kappa shape index (κ3) is 2.42. The molecule has 0 saturated heterocycles. The van der Waals surface area contributed by atoms with Crippen molar-refractivity contribution in [1.82, 2.24) is 9.97 Å². The lowest BCUT2D eigenvalue weighted by molar-refractivity contribution is 0.554. The van der Waals surface area contributed by atoms with E-state index in [4.69, 9.17) is 10.7 Å². The van der Waals surface area contributed by atoms with Crippen molar-refractivity contribution in [3.05, 3.63) is 34.1 Å². The van der Waals surface area contributed by atoms with Crippen LogP contribution < -0.4 is 5.73 Å². The van der Waals surface area contributed by atoms with Gasteiger partial charge in [-0.15, -0.1) is 11.3 Å². The van der Waals surface area contributed by atoms with E-state index in [9.17, 15) is 0 Å². The van der Waals surface area contributed by atoms with Gasteiger partial charge in [-0.3, -0.25) is 4.98 Å². The maximum absolute atomic E-state index is 5.87. The Morgan fingerprint density at radius 1 is 1.26 bits per heavy atom. The van der Waals surface area contributed by atoms with Crippen LogP contribution in [-0.2, 0) is 6.42 Å². The second-order valence-electron chi connectivity index (χ2n) is 5.29. The zero-order valence-corrected chi connectivity index (χ0v) is 12.3. The fourth-order valence-corrected chi connectivity index (χ4v) is 3.99. The highest BCUT2D eigenvalue weighted by Crippen LogP contribution is 2.37. The van der Waals surface area contributed by atoms with Gasteiger partial charge >= 0.3 is 0 Å². The van der Waals surface area contributed by atoms with Gasteiger partial charge in [-0.2, -0.15) is 0 Å². The number of pyridine rings is 1. The third-order valence-electron chi connectivity index (χ3n) is 3.68. The van der Waals surface area contributed by atoms with Crippen LogP contribution in [0.15, 0.2) is 12.1 Å². The summed E-state index contributed by atoms with van der Waals surface area (Å²) in [6.45, 7) is 4.78. The van der Waals surface area contributed by atoms with E-state index in [1.165, 1.54) is 29.0 Å². The molecule has 1 atom stereocenters. The van der Waals surface area contributed by atoms with Crippen molar-refractivity contribution >= 4 is 11.3 Å². The van der Waals surface area contributed by atoms with E-state index in [2.05, 4.69) is 17.1 Å². The number of hydrogen-bond donors (Lipinski definition) is 1. The van der Waals surface area contributed by atoms with E-state index in [0.717, 1.165) is 22.8 Å². The molecule has 0 spiro atoms. The van der Waals surface area contributed by atoms with Gasteiger partial charge in [0.1, 0.15) is 5.01 Å². The summed E-state index contributed by atoms with van der Waals surface area (Å²) in [6.07, 6.45) is 3.58. The van der Waals surface area contributed by atoms with Gasteiger partial charge in [-0.05, 0) is 45.2 Å². The van der Waals surface area contributed by atoms with Crippen LogP contribution in [0.2, 0.25) is 0 Å². The number of hydrogen-bond acceptors (Lipinski definition) is 4. The average molecular weight is 273 g/mol. The summed E-state index contributed by atoms with van der Waals surface area (Å²) in [7, 11) is 0. The molecular formula is C15H19N3S. The van der Waals surface area contributed by atoms with Crippen molar-refractivity contribution in [3.8, 4) is 10.6 Å². The van der Waals surface area contributed by atoms with Gasteiger partial charge in [0.15, 0.2) is 0 Å². The molecule has 0 aromatic carbocycles. The summed E-state index contributed by atoms with van der Waals surface area (Å²) in [5.41, 5.74) is 10.4. The molecule has 0 bridgehead atoms. The normalized spacial score (nSPS) is 18.4. The summed E-state index contributed by atoms with van der Waals surface area (Å²) in [4.78, 5) is 10.7. The SMILES string of the molecule is Cc1cc(-c2nc3c(s2)CCCC3CN)cc(C)n1. The van der Waals surface area contributed by atoms with E-state index in [1.54, 1.807) is 0 Å². The first-order valence-corrected chi connectivity index (χ1v) is 7.64. The van der Waals surface area contributed by atoms with Crippen LogP contribution in [0.4, 0.5) is 0 Å². The Morgan fingerprint density at radius 2 is 2.00 bits per heavy atom. The molecule has 100 valence electrons. The molecule has 3 nitrogen and oxygen atoms in total. The van der Waals surface area contributed by atoms with Crippen LogP contribution in [0, 0.1) is 13.8 Å². The highest BCUT2D eigenvalue weighted by molar-refractivity contribution is 7.15. The summed E-state index contributed by atoms with van der Waals surface area (Å²) >= 11 is 1.83. The average Bonchev–Trinajstić information content (AvgIpc) is 2.81. The van der Waals surface area contributed by atoms with E-state index < -0.39 is 0 Å². The predicted molar refractivity (Wildman–Crippen MR) is 79.6 cm³/mol. The Bertz CT molecular complexity index is 583. The minimum absolute atomic E-state index is 0.456. The molecule has 1 unspecified atom stereocenters. The van der Waals surface area contributed by atoms with Crippen molar-refractivity contribution in [2.45, 2.75) is 39.0 Å². The Kier molecular flexibility index (Phi) is 3.37. The lowest BCUT2D eigenvalue weighted by atomic mass is 9.91. The molecule has 0 amide bonds. The second kappa shape index (κ2) is 5.02. The lowest BCUT2D eigenvalue weighted by Crippen LogP contribution is -2.17. The molecule has 0 aliphatic heterocycles. The summed E-state index contributed by atoms with van der Waals surface area (Å²) < 4.78 is 0. The fraction of sp³-hybridized carbons (Fsp3) is 0.467. The molecule has 2 heterocycles. The Labute approximate surface area is 117 Å². The lowest BCUT2D eigenvalue weighted by Gasteiger charge is -2.18. The molecule has 1 aliphatic rings. The molecule has 2 aromatic rings. The number of rotatable bonds is 2. The van der Waals surface area contributed by atoms with Crippen LogP contribution in [0.1, 0.15) is 40.7 Å². The standard InChI is InChI=1S/C15H19N3S/c1-9-6-12(7-10(2)17-9)15-18-14-11(8-16)4-3-5-13(14)19-15/h6-7,11H,3-5,8,16H2,1-2H3. The Morgan fingerprint density at radius 3 is 2.68 bits per heavy atom. The van der Waals surface area contributed by atoms with Crippen LogP contribution in [0.25, 0.3) is 10.6 Å². The highest BCUT2D eigenvalue weighted by Gasteiger charge is 2.24. The van der Waals surface area contributed by atoms with E-state index in [0.29, 0.717) is 12.5 Å². The van der Waals surface area contributed by atoms with Gasteiger partial charge in [-0.1, -0.05) is 0 Å². The van der Waals surface area contributed by atoms with Gasteiger partial charge in [0.25, 0.3) is 0 Å². The van der Waals surface area contributed by atoms with Gasteiger partial charge in [0, 0.05) is 34.3 Å². The first kappa shape index (κ1) is 12.8. The summed E-state index contributed by atoms with van der Waals surface area (Å²) in [5.74, 6) is 0.456. The molecule has 3 rings (SSSR count).